The summed E-state index contributed by atoms with van der Waals surface area (Å²) in [5, 5.41) is 0. The lowest BCUT2D eigenvalue weighted by atomic mass is 10.00. The second-order valence-electron chi connectivity index (χ2n) is 4.09. The molecule has 1 aliphatic heterocycles. The third kappa shape index (κ3) is 2.43. The average Bonchev–Trinajstić information content (AvgIpc) is 2.08. The largest absolute Gasteiger partial charge is 0.323 e. The highest BCUT2D eigenvalue weighted by Gasteiger charge is 2.32. The third-order valence-corrected chi connectivity index (χ3v) is 2.21. The van der Waals surface area contributed by atoms with Crippen molar-refractivity contribution in [2.75, 3.05) is 40.8 Å². The standard InChI is InChI=1S/C8H19N3/c1-10(2)6-8(9)4-5-11(3)7-8/h4-7,9H2,1-3H3. The number of likely N-dealkylation sites (tertiary alicyclic amines) is 1. The van der Waals surface area contributed by atoms with Crippen molar-refractivity contribution in [3.63, 3.8) is 0 Å². The molecular weight excluding hydrogens is 138 g/mol. The smallest absolute Gasteiger partial charge is 0.0424 e. The highest BCUT2D eigenvalue weighted by atomic mass is 15.2. The molecule has 0 saturated carbocycles. The monoisotopic (exact) mass is 157 g/mol. The summed E-state index contributed by atoms with van der Waals surface area (Å²) in [5.41, 5.74) is 6.21. The lowest BCUT2D eigenvalue weighted by Gasteiger charge is -2.27. The van der Waals surface area contributed by atoms with Crippen molar-refractivity contribution in [3.8, 4) is 0 Å². The summed E-state index contributed by atoms with van der Waals surface area (Å²) in [4.78, 5) is 4.46. The second-order valence-corrected chi connectivity index (χ2v) is 4.09. The molecule has 1 saturated heterocycles. The van der Waals surface area contributed by atoms with E-state index in [1.54, 1.807) is 0 Å². The summed E-state index contributed by atoms with van der Waals surface area (Å²) in [6, 6.07) is 0. The minimum Gasteiger partial charge on any atom is -0.323 e. The van der Waals surface area contributed by atoms with Gasteiger partial charge in [-0.2, -0.15) is 0 Å². The number of likely N-dealkylation sites (N-methyl/N-ethyl adjacent to an activating group) is 2. The topological polar surface area (TPSA) is 32.5 Å². The van der Waals surface area contributed by atoms with Crippen molar-refractivity contribution in [1.29, 1.82) is 0 Å². The minimum atomic E-state index is 0.0399. The summed E-state index contributed by atoms with van der Waals surface area (Å²) in [6.45, 7) is 3.17. The fraction of sp³-hybridized carbons (Fsp3) is 1.00. The molecule has 1 aliphatic rings. The quantitative estimate of drug-likeness (QED) is 0.591. The zero-order valence-corrected chi connectivity index (χ0v) is 7.80. The number of hydrogen-bond acceptors (Lipinski definition) is 3. The SMILES string of the molecule is CN(C)CC1(N)CCN(C)C1. The zero-order chi connectivity index (χ0) is 8.48. The van der Waals surface area contributed by atoms with Gasteiger partial charge in [0.1, 0.15) is 0 Å². The molecule has 0 aliphatic carbocycles. The molecule has 0 aromatic rings. The Morgan fingerprint density at radius 2 is 2.18 bits per heavy atom. The lowest BCUT2D eigenvalue weighted by molar-refractivity contribution is 0.278. The van der Waals surface area contributed by atoms with Crippen molar-refractivity contribution >= 4 is 0 Å². The van der Waals surface area contributed by atoms with Crippen molar-refractivity contribution in [2.45, 2.75) is 12.0 Å². The first kappa shape index (κ1) is 8.97. The fourth-order valence-electron chi connectivity index (χ4n) is 1.87. The minimum absolute atomic E-state index is 0.0399. The summed E-state index contributed by atoms with van der Waals surface area (Å²) >= 11 is 0. The fourth-order valence-corrected chi connectivity index (χ4v) is 1.87. The Morgan fingerprint density at radius 3 is 2.55 bits per heavy atom. The molecule has 0 spiro atoms. The second kappa shape index (κ2) is 3.09. The Labute approximate surface area is 69.1 Å². The van der Waals surface area contributed by atoms with Crippen LogP contribution < -0.4 is 5.73 Å². The molecule has 3 heteroatoms. The van der Waals surface area contributed by atoms with Crippen LogP contribution in [0.25, 0.3) is 0 Å². The van der Waals surface area contributed by atoms with Gasteiger partial charge in [-0.25, -0.2) is 0 Å². The van der Waals surface area contributed by atoms with Gasteiger partial charge in [0.2, 0.25) is 0 Å². The van der Waals surface area contributed by atoms with Crippen LogP contribution in [0.3, 0.4) is 0 Å². The maximum Gasteiger partial charge on any atom is 0.0424 e. The van der Waals surface area contributed by atoms with Crippen molar-refractivity contribution < 1.29 is 0 Å². The Balaban J connectivity index is 2.42. The van der Waals surface area contributed by atoms with Crippen LogP contribution in [0.5, 0.6) is 0 Å². The molecule has 1 heterocycles. The first-order valence-electron chi connectivity index (χ1n) is 4.14. The van der Waals surface area contributed by atoms with Crippen LogP contribution >= 0.6 is 0 Å². The molecule has 1 unspecified atom stereocenters. The number of hydrogen-bond donors (Lipinski definition) is 1. The molecule has 0 aromatic heterocycles. The molecule has 0 aromatic carbocycles. The lowest BCUT2D eigenvalue weighted by Crippen LogP contribution is -2.50. The van der Waals surface area contributed by atoms with Gasteiger partial charge in [-0.3, -0.25) is 0 Å². The average molecular weight is 157 g/mol. The molecule has 0 bridgehead atoms. The molecule has 1 rings (SSSR count). The van der Waals surface area contributed by atoms with Crippen LogP contribution in [0.1, 0.15) is 6.42 Å². The van der Waals surface area contributed by atoms with Gasteiger partial charge >= 0.3 is 0 Å². The molecule has 1 atom stereocenters. The summed E-state index contributed by atoms with van der Waals surface area (Å²) < 4.78 is 0. The molecule has 0 amide bonds. The van der Waals surface area contributed by atoms with E-state index >= 15 is 0 Å². The van der Waals surface area contributed by atoms with Crippen LogP contribution in [-0.2, 0) is 0 Å². The van der Waals surface area contributed by atoms with E-state index in [0.717, 1.165) is 26.1 Å². The summed E-state index contributed by atoms with van der Waals surface area (Å²) in [5.74, 6) is 0. The van der Waals surface area contributed by atoms with Gasteiger partial charge in [0.25, 0.3) is 0 Å². The Morgan fingerprint density at radius 1 is 1.55 bits per heavy atom. The van der Waals surface area contributed by atoms with Crippen LogP contribution in [0.2, 0.25) is 0 Å². The first-order chi connectivity index (χ1) is 5.02. The van der Waals surface area contributed by atoms with Gasteiger partial charge in [-0.05, 0) is 34.1 Å². The van der Waals surface area contributed by atoms with E-state index in [0.29, 0.717) is 0 Å². The van der Waals surface area contributed by atoms with E-state index in [-0.39, 0.29) is 5.54 Å². The molecule has 3 nitrogen and oxygen atoms in total. The molecule has 66 valence electrons. The Bertz CT molecular complexity index is 135. The van der Waals surface area contributed by atoms with Crippen LogP contribution in [0.4, 0.5) is 0 Å². The normalized spacial score (nSPS) is 33.5. The molecule has 2 N–H and O–H groups in total. The van der Waals surface area contributed by atoms with Gasteiger partial charge < -0.3 is 15.5 Å². The van der Waals surface area contributed by atoms with E-state index in [2.05, 4.69) is 30.9 Å². The number of nitrogens with two attached hydrogens (primary N) is 1. The van der Waals surface area contributed by atoms with E-state index in [1.807, 2.05) is 0 Å². The first-order valence-corrected chi connectivity index (χ1v) is 4.14. The molecule has 0 radical (unpaired) electrons. The van der Waals surface area contributed by atoms with E-state index in [4.69, 9.17) is 5.73 Å². The summed E-state index contributed by atoms with van der Waals surface area (Å²) in [7, 11) is 6.28. The van der Waals surface area contributed by atoms with Crippen molar-refractivity contribution in [2.24, 2.45) is 5.73 Å². The predicted octanol–water partition coefficient (Wildman–Crippen LogP) is -0.419. The van der Waals surface area contributed by atoms with E-state index < -0.39 is 0 Å². The van der Waals surface area contributed by atoms with E-state index in [1.165, 1.54) is 0 Å². The summed E-state index contributed by atoms with van der Waals surface area (Å²) in [6.07, 6.45) is 1.13. The zero-order valence-electron chi connectivity index (χ0n) is 7.80. The van der Waals surface area contributed by atoms with Crippen molar-refractivity contribution in [3.05, 3.63) is 0 Å². The van der Waals surface area contributed by atoms with Gasteiger partial charge in [-0.1, -0.05) is 0 Å². The maximum atomic E-state index is 6.17. The Kier molecular flexibility index (Phi) is 2.52. The van der Waals surface area contributed by atoms with Crippen molar-refractivity contribution in [1.82, 2.24) is 9.80 Å². The van der Waals surface area contributed by atoms with Gasteiger partial charge in [0, 0.05) is 18.6 Å². The van der Waals surface area contributed by atoms with Crippen LogP contribution in [-0.4, -0.2) is 56.1 Å². The highest BCUT2D eigenvalue weighted by Crippen LogP contribution is 2.17. The molecule has 11 heavy (non-hydrogen) atoms. The van der Waals surface area contributed by atoms with Gasteiger partial charge in [0.05, 0.1) is 0 Å². The van der Waals surface area contributed by atoms with E-state index in [9.17, 15) is 0 Å². The van der Waals surface area contributed by atoms with Gasteiger partial charge in [-0.15, -0.1) is 0 Å². The molecule has 1 fully saturated rings. The van der Waals surface area contributed by atoms with Gasteiger partial charge in [0.15, 0.2) is 0 Å². The van der Waals surface area contributed by atoms with Crippen LogP contribution in [0.15, 0.2) is 0 Å². The molecular formula is C8H19N3. The Hall–Kier alpha value is -0.120. The number of rotatable bonds is 2. The third-order valence-electron chi connectivity index (χ3n) is 2.21. The van der Waals surface area contributed by atoms with Crippen LogP contribution in [0, 0.1) is 0 Å². The maximum absolute atomic E-state index is 6.17. The number of nitrogens with zero attached hydrogens (tertiary/aromatic N) is 2. The highest BCUT2D eigenvalue weighted by molar-refractivity contribution is 4.94. The predicted molar refractivity (Wildman–Crippen MR) is 47.6 cm³/mol.